The highest BCUT2D eigenvalue weighted by atomic mass is 16.1. The number of carbonyl (C=O) groups is 1. The van der Waals surface area contributed by atoms with E-state index in [0.29, 0.717) is 12.1 Å². The van der Waals surface area contributed by atoms with Gasteiger partial charge in [-0.25, -0.2) is 0 Å². The minimum Gasteiger partial charge on any atom is -0.398 e. The lowest BCUT2D eigenvalue weighted by Gasteiger charge is -2.12. The normalized spacial score (nSPS) is 12.2. The van der Waals surface area contributed by atoms with E-state index >= 15 is 0 Å². The predicted molar refractivity (Wildman–Crippen MR) is 67.2 cm³/mol. The number of hydrogen-bond acceptors (Lipinski definition) is 2. The van der Waals surface area contributed by atoms with Crippen molar-refractivity contribution >= 4 is 11.6 Å². The van der Waals surface area contributed by atoms with Gasteiger partial charge in [0, 0.05) is 11.7 Å². The Balaban J connectivity index is 2.65. The van der Waals surface area contributed by atoms with E-state index < -0.39 is 0 Å². The van der Waals surface area contributed by atoms with Gasteiger partial charge in [-0.2, -0.15) is 0 Å². The van der Waals surface area contributed by atoms with E-state index in [1.807, 2.05) is 39.0 Å². The fraction of sp³-hybridized carbons (Fsp3) is 0.462. The van der Waals surface area contributed by atoms with Crippen molar-refractivity contribution in [2.45, 2.75) is 39.7 Å². The fourth-order valence-corrected chi connectivity index (χ4v) is 1.49. The van der Waals surface area contributed by atoms with Gasteiger partial charge in [-0.3, -0.25) is 4.79 Å². The van der Waals surface area contributed by atoms with Crippen LogP contribution in [0.2, 0.25) is 0 Å². The van der Waals surface area contributed by atoms with Gasteiger partial charge in [-0.05, 0) is 31.9 Å². The molecule has 0 radical (unpaired) electrons. The lowest BCUT2D eigenvalue weighted by atomic mass is 10.1. The first kappa shape index (κ1) is 12.6. The van der Waals surface area contributed by atoms with Crippen LogP contribution in [0.4, 0.5) is 5.69 Å². The summed E-state index contributed by atoms with van der Waals surface area (Å²) in [7, 11) is 0. The van der Waals surface area contributed by atoms with Crippen molar-refractivity contribution in [3.8, 4) is 0 Å². The molecule has 16 heavy (non-hydrogen) atoms. The van der Waals surface area contributed by atoms with Gasteiger partial charge in [0.1, 0.15) is 0 Å². The first-order valence-corrected chi connectivity index (χ1v) is 5.67. The van der Waals surface area contributed by atoms with E-state index in [9.17, 15) is 4.79 Å². The topological polar surface area (TPSA) is 55.1 Å². The Morgan fingerprint density at radius 3 is 2.81 bits per heavy atom. The van der Waals surface area contributed by atoms with Crippen LogP contribution in [0.3, 0.4) is 0 Å². The Hall–Kier alpha value is -1.51. The molecule has 0 heterocycles. The molecule has 3 N–H and O–H groups in total. The van der Waals surface area contributed by atoms with Crippen molar-refractivity contribution in [1.82, 2.24) is 5.32 Å². The third kappa shape index (κ3) is 3.57. The standard InChI is InChI=1S/C13H20N2O/c1-4-10(3)15-13(16)8-11-7-9(2)5-6-12(11)14/h5-7,10H,4,8,14H2,1-3H3,(H,15,16). The molecule has 0 aliphatic carbocycles. The maximum absolute atomic E-state index is 11.7. The van der Waals surface area contributed by atoms with Crippen LogP contribution in [0.5, 0.6) is 0 Å². The predicted octanol–water partition coefficient (Wildman–Crippen LogP) is 2.03. The SMILES string of the molecule is CCC(C)NC(=O)Cc1cc(C)ccc1N. The number of rotatable bonds is 4. The highest BCUT2D eigenvalue weighted by molar-refractivity contribution is 5.80. The zero-order valence-corrected chi connectivity index (χ0v) is 10.2. The summed E-state index contributed by atoms with van der Waals surface area (Å²) in [6.45, 7) is 6.04. The molecule has 0 saturated carbocycles. The van der Waals surface area contributed by atoms with E-state index in [-0.39, 0.29) is 11.9 Å². The zero-order chi connectivity index (χ0) is 12.1. The van der Waals surface area contributed by atoms with Gasteiger partial charge in [0.15, 0.2) is 0 Å². The number of nitrogen functional groups attached to an aromatic ring is 1. The van der Waals surface area contributed by atoms with Crippen molar-refractivity contribution < 1.29 is 4.79 Å². The molecule has 1 unspecified atom stereocenters. The summed E-state index contributed by atoms with van der Waals surface area (Å²) in [5.41, 5.74) is 8.54. The lowest BCUT2D eigenvalue weighted by molar-refractivity contribution is -0.121. The Morgan fingerprint density at radius 2 is 2.19 bits per heavy atom. The molecule has 0 aromatic heterocycles. The minimum absolute atomic E-state index is 0.0339. The van der Waals surface area contributed by atoms with Gasteiger partial charge in [0.2, 0.25) is 5.91 Å². The monoisotopic (exact) mass is 220 g/mol. The summed E-state index contributed by atoms with van der Waals surface area (Å²) in [5.74, 6) is 0.0339. The molecule has 1 aromatic rings. The molecule has 1 aromatic carbocycles. The Labute approximate surface area is 97.0 Å². The average Bonchev–Trinajstić information content (AvgIpc) is 2.23. The van der Waals surface area contributed by atoms with Crippen LogP contribution >= 0.6 is 0 Å². The van der Waals surface area contributed by atoms with E-state index in [0.717, 1.165) is 17.5 Å². The van der Waals surface area contributed by atoms with Gasteiger partial charge in [0.25, 0.3) is 0 Å². The summed E-state index contributed by atoms with van der Waals surface area (Å²) < 4.78 is 0. The quantitative estimate of drug-likeness (QED) is 0.763. The minimum atomic E-state index is 0.0339. The van der Waals surface area contributed by atoms with Crippen molar-refractivity contribution in [3.63, 3.8) is 0 Å². The Bertz CT molecular complexity index is 374. The first-order valence-electron chi connectivity index (χ1n) is 5.67. The third-order valence-corrected chi connectivity index (χ3v) is 2.67. The van der Waals surface area contributed by atoms with Crippen molar-refractivity contribution in [3.05, 3.63) is 29.3 Å². The van der Waals surface area contributed by atoms with Gasteiger partial charge < -0.3 is 11.1 Å². The molecule has 1 rings (SSSR count). The molecule has 0 spiro atoms. The molecule has 0 aliphatic heterocycles. The second-order valence-electron chi connectivity index (χ2n) is 4.26. The molecule has 0 bridgehead atoms. The van der Waals surface area contributed by atoms with Crippen LogP contribution in [-0.2, 0) is 11.2 Å². The second-order valence-corrected chi connectivity index (χ2v) is 4.26. The summed E-state index contributed by atoms with van der Waals surface area (Å²) in [6, 6.07) is 5.98. The first-order chi connectivity index (χ1) is 7.52. The van der Waals surface area contributed by atoms with E-state index in [4.69, 9.17) is 5.73 Å². The lowest BCUT2D eigenvalue weighted by Crippen LogP contribution is -2.33. The molecule has 0 fully saturated rings. The van der Waals surface area contributed by atoms with Crippen molar-refractivity contribution in [2.24, 2.45) is 0 Å². The molecule has 3 nitrogen and oxygen atoms in total. The largest absolute Gasteiger partial charge is 0.398 e. The molecule has 0 saturated heterocycles. The number of anilines is 1. The van der Waals surface area contributed by atoms with Crippen LogP contribution < -0.4 is 11.1 Å². The van der Waals surface area contributed by atoms with Gasteiger partial charge in [0.05, 0.1) is 6.42 Å². The summed E-state index contributed by atoms with van der Waals surface area (Å²) in [5, 5.41) is 2.93. The highest BCUT2D eigenvalue weighted by Gasteiger charge is 2.08. The number of benzene rings is 1. The smallest absolute Gasteiger partial charge is 0.224 e. The highest BCUT2D eigenvalue weighted by Crippen LogP contribution is 2.14. The third-order valence-electron chi connectivity index (χ3n) is 2.67. The number of aryl methyl sites for hydroxylation is 1. The number of nitrogens with one attached hydrogen (secondary N) is 1. The van der Waals surface area contributed by atoms with Gasteiger partial charge >= 0.3 is 0 Å². The number of nitrogens with two attached hydrogens (primary N) is 1. The fourth-order valence-electron chi connectivity index (χ4n) is 1.49. The summed E-state index contributed by atoms with van der Waals surface area (Å²) >= 11 is 0. The molecule has 1 atom stereocenters. The molecular weight excluding hydrogens is 200 g/mol. The van der Waals surface area contributed by atoms with Crippen molar-refractivity contribution in [1.29, 1.82) is 0 Å². The van der Waals surface area contributed by atoms with Crippen LogP contribution in [0, 0.1) is 6.92 Å². The Morgan fingerprint density at radius 1 is 1.50 bits per heavy atom. The molecular formula is C13H20N2O. The maximum atomic E-state index is 11.7. The number of amides is 1. The number of hydrogen-bond donors (Lipinski definition) is 2. The van der Waals surface area contributed by atoms with E-state index in [1.54, 1.807) is 0 Å². The maximum Gasteiger partial charge on any atom is 0.224 e. The van der Waals surface area contributed by atoms with Gasteiger partial charge in [-0.1, -0.05) is 24.6 Å². The summed E-state index contributed by atoms with van der Waals surface area (Å²) in [6.07, 6.45) is 1.30. The van der Waals surface area contributed by atoms with Crippen LogP contribution in [0.15, 0.2) is 18.2 Å². The van der Waals surface area contributed by atoms with E-state index in [1.165, 1.54) is 0 Å². The molecule has 0 aliphatic rings. The van der Waals surface area contributed by atoms with Crippen molar-refractivity contribution in [2.75, 3.05) is 5.73 Å². The Kier molecular flexibility index (Phi) is 4.35. The van der Waals surface area contributed by atoms with Crippen LogP contribution in [0.25, 0.3) is 0 Å². The zero-order valence-electron chi connectivity index (χ0n) is 10.2. The van der Waals surface area contributed by atoms with Gasteiger partial charge in [-0.15, -0.1) is 0 Å². The van der Waals surface area contributed by atoms with E-state index in [2.05, 4.69) is 5.32 Å². The molecule has 3 heteroatoms. The second kappa shape index (κ2) is 5.54. The van der Waals surface area contributed by atoms with Crippen LogP contribution in [0.1, 0.15) is 31.4 Å². The van der Waals surface area contributed by atoms with Crippen LogP contribution in [-0.4, -0.2) is 11.9 Å². The number of carbonyl (C=O) groups excluding carboxylic acids is 1. The molecule has 88 valence electrons. The average molecular weight is 220 g/mol. The summed E-state index contributed by atoms with van der Waals surface area (Å²) in [4.78, 5) is 11.7. The molecule has 1 amide bonds.